The molecule has 0 unspecified atom stereocenters. The molecule has 0 saturated carbocycles. The number of ether oxygens (including phenoxy) is 1. The predicted octanol–water partition coefficient (Wildman–Crippen LogP) is 0.301. The summed E-state index contributed by atoms with van der Waals surface area (Å²) in [5.41, 5.74) is 0.0873. The Morgan fingerprint density at radius 3 is 2.47 bits per heavy atom. The Morgan fingerprint density at radius 2 is 1.95 bits per heavy atom. The third-order valence-corrected chi connectivity index (χ3v) is 3.27. The number of hydrogen-bond donors (Lipinski definition) is 2. The third kappa shape index (κ3) is 2.91. The largest absolute Gasteiger partial charge is 0.497 e. The number of carboxylic acids is 1. The lowest BCUT2D eigenvalue weighted by Crippen LogP contribution is -2.30. The van der Waals surface area contributed by atoms with Crippen molar-refractivity contribution < 1.29 is 23.1 Å². The quantitative estimate of drug-likeness (QED) is 0.829. The number of hydrogen-bond acceptors (Lipinski definition) is 4. The van der Waals surface area contributed by atoms with Crippen LogP contribution in [0.2, 0.25) is 0 Å². The topological polar surface area (TPSA) is 105 Å². The first kappa shape index (κ1) is 13.1. The molecular weight excluding hydrogens is 272 g/mol. The zero-order valence-corrected chi connectivity index (χ0v) is 10.6. The Hall–Kier alpha value is -2.35. The fraction of sp³-hybridized carbons (Fsp3) is 0.0909. The van der Waals surface area contributed by atoms with E-state index >= 15 is 0 Å². The van der Waals surface area contributed by atoms with Gasteiger partial charge >= 0.3 is 16.2 Å². The Balaban J connectivity index is 2.46. The van der Waals surface area contributed by atoms with E-state index in [0.717, 1.165) is 6.08 Å². The van der Waals surface area contributed by atoms with E-state index in [1.165, 1.54) is 7.11 Å². The average molecular weight is 282 g/mol. The fourth-order valence-electron chi connectivity index (χ4n) is 1.49. The smallest absolute Gasteiger partial charge is 0.353 e. The van der Waals surface area contributed by atoms with Crippen LogP contribution >= 0.6 is 0 Å². The van der Waals surface area contributed by atoms with E-state index in [1.807, 2.05) is 4.72 Å². The second kappa shape index (κ2) is 4.73. The first-order valence-electron chi connectivity index (χ1n) is 5.13. The molecule has 1 aromatic rings. The second-order valence-electron chi connectivity index (χ2n) is 3.65. The molecule has 0 aliphatic carbocycles. The van der Waals surface area contributed by atoms with Crippen molar-refractivity contribution >= 4 is 21.9 Å². The van der Waals surface area contributed by atoms with Gasteiger partial charge in [-0.1, -0.05) is 0 Å². The molecule has 1 aromatic carbocycles. The molecule has 0 radical (unpaired) electrons. The van der Waals surface area contributed by atoms with E-state index < -0.39 is 21.9 Å². The van der Waals surface area contributed by atoms with E-state index in [9.17, 15) is 13.2 Å². The summed E-state index contributed by atoms with van der Waals surface area (Å²) in [6, 6.07) is 6.44. The molecule has 7 nitrogen and oxygen atoms in total. The lowest BCUT2D eigenvalue weighted by atomic mass is 10.1. The van der Waals surface area contributed by atoms with Crippen LogP contribution in [-0.2, 0) is 15.0 Å². The molecule has 0 atom stereocenters. The molecule has 0 bridgehead atoms. The van der Waals surface area contributed by atoms with Gasteiger partial charge in [0.2, 0.25) is 0 Å². The highest BCUT2D eigenvalue weighted by Gasteiger charge is 2.22. The number of allylic oxidation sites excluding steroid dienone is 1. The highest BCUT2D eigenvalue weighted by atomic mass is 32.2. The maximum absolute atomic E-state index is 11.4. The van der Waals surface area contributed by atoms with Crippen molar-refractivity contribution in [2.24, 2.45) is 4.40 Å². The van der Waals surface area contributed by atoms with E-state index in [4.69, 9.17) is 9.84 Å². The van der Waals surface area contributed by atoms with Crippen molar-refractivity contribution in [3.05, 3.63) is 41.6 Å². The van der Waals surface area contributed by atoms with Crippen LogP contribution < -0.4 is 9.46 Å². The second-order valence-corrected chi connectivity index (χ2v) is 4.98. The van der Waals surface area contributed by atoms with Crippen LogP contribution in [0.1, 0.15) is 5.56 Å². The van der Waals surface area contributed by atoms with Gasteiger partial charge in [0.15, 0.2) is 0 Å². The van der Waals surface area contributed by atoms with Gasteiger partial charge in [0.25, 0.3) is 0 Å². The molecule has 2 N–H and O–H groups in total. The summed E-state index contributed by atoms with van der Waals surface area (Å²) in [5.74, 6) is -0.770. The molecule has 19 heavy (non-hydrogen) atoms. The molecule has 1 aliphatic rings. The number of nitrogens with zero attached hydrogens (tertiary/aromatic N) is 1. The highest BCUT2D eigenvalue weighted by molar-refractivity contribution is 7.88. The number of nitrogens with one attached hydrogen (secondary N) is 1. The molecule has 1 aliphatic heterocycles. The lowest BCUT2D eigenvalue weighted by Gasteiger charge is -2.12. The molecule has 0 amide bonds. The van der Waals surface area contributed by atoms with Gasteiger partial charge in [-0.15, -0.1) is 4.40 Å². The van der Waals surface area contributed by atoms with Crippen molar-refractivity contribution in [2.75, 3.05) is 7.11 Å². The Kier molecular flexibility index (Phi) is 3.26. The maximum Gasteiger partial charge on any atom is 0.353 e. The summed E-state index contributed by atoms with van der Waals surface area (Å²) in [6.07, 6.45) is 1.16. The minimum Gasteiger partial charge on any atom is -0.497 e. The van der Waals surface area contributed by atoms with Crippen LogP contribution in [0.3, 0.4) is 0 Å². The molecule has 0 fully saturated rings. The molecule has 1 heterocycles. The molecule has 2 rings (SSSR count). The third-order valence-electron chi connectivity index (χ3n) is 2.35. The summed E-state index contributed by atoms with van der Waals surface area (Å²) < 4.78 is 33.2. The van der Waals surface area contributed by atoms with E-state index in [-0.39, 0.29) is 5.71 Å². The molecule has 100 valence electrons. The minimum absolute atomic E-state index is 0.0544. The normalized spacial score (nSPS) is 16.9. The standard InChI is InChI=1S/C11H10N2O5S/c1-18-8-4-2-7(3-5-8)9-6-10(11(14)15)13-19(16,17)12-9/h2-6,13H,1H3,(H,14,15). The minimum atomic E-state index is -4.03. The van der Waals surface area contributed by atoms with Crippen LogP contribution in [0, 0.1) is 0 Å². The van der Waals surface area contributed by atoms with Crippen LogP contribution in [0.25, 0.3) is 0 Å². The average Bonchev–Trinajstić information content (AvgIpc) is 2.37. The Morgan fingerprint density at radius 1 is 1.32 bits per heavy atom. The van der Waals surface area contributed by atoms with Gasteiger partial charge in [0, 0.05) is 5.56 Å². The lowest BCUT2D eigenvalue weighted by molar-refractivity contribution is -0.132. The molecule has 0 aromatic heterocycles. The first-order chi connectivity index (χ1) is 8.91. The van der Waals surface area contributed by atoms with Gasteiger partial charge in [-0.3, -0.25) is 4.72 Å². The van der Waals surface area contributed by atoms with Crippen molar-refractivity contribution in [3.8, 4) is 5.75 Å². The van der Waals surface area contributed by atoms with Gasteiger partial charge in [0.05, 0.1) is 12.8 Å². The van der Waals surface area contributed by atoms with Gasteiger partial charge in [-0.25, -0.2) is 4.79 Å². The number of benzene rings is 1. The number of carboxylic acid groups (broad SMARTS) is 1. The zero-order valence-electron chi connectivity index (χ0n) is 9.82. The molecule has 0 spiro atoms. The SMILES string of the molecule is COc1ccc(C2=NS(=O)(=O)NC(C(=O)O)=C2)cc1. The van der Waals surface area contributed by atoms with E-state index in [0.29, 0.717) is 11.3 Å². The first-order valence-corrected chi connectivity index (χ1v) is 6.57. The van der Waals surface area contributed by atoms with Crippen LogP contribution in [0.15, 0.2) is 40.4 Å². The van der Waals surface area contributed by atoms with E-state index in [2.05, 4.69) is 4.40 Å². The molecular formula is C11H10N2O5S. The predicted molar refractivity (Wildman–Crippen MR) is 67.3 cm³/mol. The maximum atomic E-state index is 11.4. The van der Waals surface area contributed by atoms with Gasteiger partial charge in [-0.05, 0) is 30.3 Å². The van der Waals surface area contributed by atoms with Crippen molar-refractivity contribution in [1.82, 2.24) is 4.72 Å². The summed E-state index contributed by atoms with van der Waals surface area (Å²) >= 11 is 0. The van der Waals surface area contributed by atoms with Crippen LogP contribution in [0.5, 0.6) is 5.75 Å². The van der Waals surface area contributed by atoms with Crippen LogP contribution in [-0.4, -0.2) is 32.3 Å². The van der Waals surface area contributed by atoms with Crippen molar-refractivity contribution in [1.29, 1.82) is 0 Å². The summed E-state index contributed by atoms with van der Waals surface area (Å²) in [5, 5.41) is 8.85. The number of rotatable bonds is 3. The molecule has 8 heteroatoms. The Bertz CT molecular complexity index is 674. The zero-order chi connectivity index (χ0) is 14.0. The number of aliphatic carboxylic acids is 1. The number of methoxy groups -OCH3 is 1. The summed E-state index contributed by atoms with van der Waals surface area (Å²) in [6.45, 7) is 0. The van der Waals surface area contributed by atoms with Gasteiger partial charge in [-0.2, -0.15) is 8.42 Å². The van der Waals surface area contributed by atoms with Gasteiger partial charge in [0.1, 0.15) is 11.4 Å². The van der Waals surface area contributed by atoms with Crippen molar-refractivity contribution in [3.63, 3.8) is 0 Å². The molecule has 0 saturated heterocycles. The summed E-state index contributed by atoms with van der Waals surface area (Å²) in [7, 11) is -2.53. The summed E-state index contributed by atoms with van der Waals surface area (Å²) in [4.78, 5) is 10.8. The highest BCUT2D eigenvalue weighted by Crippen LogP contribution is 2.16. The fourth-order valence-corrected chi connectivity index (χ4v) is 2.37. The Labute approximate surface area is 109 Å². The van der Waals surface area contributed by atoms with E-state index in [1.54, 1.807) is 24.3 Å². The van der Waals surface area contributed by atoms with Crippen LogP contribution in [0.4, 0.5) is 0 Å². The van der Waals surface area contributed by atoms with Crippen molar-refractivity contribution in [2.45, 2.75) is 0 Å². The number of carbonyl (C=O) groups is 1. The van der Waals surface area contributed by atoms with Gasteiger partial charge < -0.3 is 9.84 Å². The monoisotopic (exact) mass is 282 g/mol.